The molecule has 2 heterocycles. The first-order valence-electron chi connectivity index (χ1n) is 6.50. The molecule has 1 aromatic rings. The number of Topliss-reactive ketones (excluding diaryl/α,β-unsaturated/α-hetero) is 1. The molecule has 1 aliphatic rings. The predicted molar refractivity (Wildman–Crippen MR) is 74.6 cm³/mol. The van der Waals surface area contributed by atoms with Gasteiger partial charge in [0.25, 0.3) is 0 Å². The van der Waals surface area contributed by atoms with E-state index in [2.05, 4.69) is 4.98 Å². The SMILES string of the molecule is CC1CN(C(C)c2ccc(Cl)nc2)C(C(=O)C=O)CO1. The molecular weight excluding hydrogens is 280 g/mol. The normalized spacial score (nSPS) is 25.1. The Hall–Kier alpha value is -1.30. The van der Waals surface area contributed by atoms with Crippen LogP contribution in [-0.2, 0) is 14.3 Å². The van der Waals surface area contributed by atoms with Gasteiger partial charge in [-0.1, -0.05) is 17.7 Å². The highest BCUT2D eigenvalue weighted by atomic mass is 35.5. The number of ether oxygens (including phenoxy) is 1. The van der Waals surface area contributed by atoms with Crippen LogP contribution in [0, 0.1) is 0 Å². The Morgan fingerprint density at radius 1 is 1.60 bits per heavy atom. The van der Waals surface area contributed by atoms with Gasteiger partial charge < -0.3 is 4.74 Å². The lowest BCUT2D eigenvalue weighted by Crippen LogP contribution is -2.53. The first-order chi connectivity index (χ1) is 9.52. The molecule has 6 heteroatoms. The Labute approximate surface area is 122 Å². The highest BCUT2D eigenvalue weighted by Gasteiger charge is 2.35. The minimum absolute atomic E-state index is 0.0217. The van der Waals surface area contributed by atoms with Crippen LogP contribution in [0.3, 0.4) is 0 Å². The molecule has 3 unspecified atom stereocenters. The van der Waals surface area contributed by atoms with E-state index in [0.717, 1.165) is 5.56 Å². The molecule has 1 aromatic heterocycles. The summed E-state index contributed by atoms with van der Waals surface area (Å²) in [5.74, 6) is -0.453. The molecule has 2 rings (SSSR count). The molecule has 3 atom stereocenters. The standard InChI is InChI=1S/C14H17ClN2O3/c1-9-6-17(12(8-20-9)13(19)7-18)10(2)11-3-4-14(15)16-5-11/h3-5,7,9-10,12H,6,8H2,1-2H3. The highest BCUT2D eigenvalue weighted by Crippen LogP contribution is 2.26. The maximum Gasteiger partial charge on any atom is 0.214 e. The predicted octanol–water partition coefficient (Wildman–Crippen LogP) is 1.65. The van der Waals surface area contributed by atoms with Crippen LogP contribution < -0.4 is 0 Å². The van der Waals surface area contributed by atoms with Gasteiger partial charge >= 0.3 is 0 Å². The second-order valence-electron chi connectivity index (χ2n) is 4.97. The summed E-state index contributed by atoms with van der Waals surface area (Å²) in [5, 5.41) is 0.428. The Balaban J connectivity index is 2.23. The molecule has 0 N–H and O–H groups in total. The van der Waals surface area contributed by atoms with Gasteiger partial charge in [0, 0.05) is 18.8 Å². The molecule has 0 amide bonds. The average molecular weight is 297 g/mol. The number of hydrogen-bond acceptors (Lipinski definition) is 5. The summed E-state index contributed by atoms with van der Waals surface area (Å²) in [6.07, 6.45) is 2.08. The summed E-state index contributed by atoms with van der Waals surface area (Å²) in [7, 11) is 0. The second kappa shape index (κ2) is 6.43. The topological polar surface area (TPSA) is 59.5 Å². The van der Waals surface area contributed by atoms with Crippen molar-refractivity contribution < 1.29 is 14.3 Å². The van der Waals surface area contributed by atoms with E-state index in [1.807, 2.05) is 24.8 Å². The molecule has 20 heavy (non-hydrogen) atoms. The number of pyridine rings is 1. The first kappa shape index (κ1) is 15.1. The minimum atomic E-state index is -0.533. The smallest absolute Gasteiger partial charge is 0.214 e. The molecule has 5 nitrogen and oxygen atoms in total. The van der Waals surface area contributed by atoms with E-state index in [9.17, 15) is 9.59 Å². The van der Waals surface area contributed by atoms with Crippen molar-refractivity contribution in [2.24, 2.45) is 0 Å². The quantitative estimate of drug-likeness (QED) is 0.480. The average Bonchev–Trinajstić information content (AvgIpc) is 2.46. The van der Waals surface area contributed by atoms with Crippen LogP contribution in [0.5, 0.6) is 0 Å². The van der Waals surface area contributed by atoms with Crippen molar-refractivity contribution in [1.82, 2.24) is 9.88 Å². The lowest BCUT2D eigenvalue weighted by atomic mass is 10.0. The zero-order chi connectivity index (χ0) is 14.7. The fourth-order valence-electron chi connectivity index (χ4n) is 2.41. The molecule has 1 aliphatic heterocycles. The van der Waals surface area contributed by atoms with E-state index in [0.29, 0.717) is 18.0 Å². The Morgan fingerprint density at radius 3 is 2.95 bits per heavy atom. The van der Waals surface area contributed by atoms with Crippen molar-refractivity contribution in [3.63, 3.8) is 0 Å². The summed E-state index contributed by atoms with van der Waals surface area (Å²) in [4.78, 5) is 28.6. The van der Waals surface area contributed by atoms with Crippen LogP contribution in [-0.4, -0.2) is 47.3 Å². The Bertz CT molecular complexity index is 492. The molecule has 0 spiro atoms. The van der Waals surface area contributed by atoms with Gasteiger partial charge in [-0.3, -0.25) is 14.5 Å². The van der Waals surface area contributed by atoms with Crippen molar-refractivity contribution in [1.29, 1.82) is 0 Å². The van der Waals surface area contributed by atoms with Crippen LogP contribution in [0.25, 0.3) is 0 Å². The number of carbonyl (C=O) groups excluding carboxylic acids is 2. The molecule has 0 saturated carbocycles. The third-order valence-corrected chi connectivity index (χ3v) is 3.81. The van der Waals surface area contributed by atoms with Crippen molar-refractivity contribution in [2.75, 3.05) is 13.2 Å². The van der Waals surface area contributed by atoms with Gasteiger partial charge in [-0.05, 0) is 25.5 Å². The van der Waals surface area contributed by atoms with Crippen molar-refractivity contribution in [2.45, 2.75) is 32.0 Å². The number of morpholine rings is 1. The van der Waals surface area contributed by atoms with Crippen LogP contribution in [0.1, 0.15) is 25.5 Å². The van der Waals surface area contributed by atoms with E-state index in [1.54, 1.807) is 12.3 Å². The number of rotatable bonds is 4. The summed E-state index contributed by atoms with van der Waals surface area (Å²) < 4.78 is 5.49. The van der Waals surface area contributed by atoms with Crippen LogP contribution in [0.2, 0.25) is 5.15 Å². The summed E-state index contributed by atoms with van der Waals surface area (Å²) in [6.45, 7) is 4.76. The van der Waals surface area contributed by atoms with E-state index < -0.39 is 11.8 Å². The largest absolute Gasteiger partial charge is 0.375 e. The maximum absolute atomic E-state index is 11.7. The first-order valence-corrected chi connectivity index (χ1v) is 6.88. The van der Waals surface area contributed by atoms with E-state index in [1.165, 1.54) is 0 Å². The lowest BCUT2D eigenvalue weighted by Gasteiger charge is -2.40. The van der Waals surface area contributed by atoms with Gasteiger partial charge in [-0.25, -0.2) is 4.98 Å². The maximum atomic E-state index is 11.7. The number of aldehydes is 1. The van der Waals surface area contributed by atoms with Gasteiger partial charge in [-0.2, -0.15) is 0 Å². The minimum Gasteiger partial charge on any atom is -0.375 e. The van der Waals surface area contributed by atoms with Gasteiger partial charge in [0.05, 0.1) is 12.7 Å². The van der Waals surface area contributed by atoms with Gasteiger partial charge in [-0.15, -0.1) is 0 Å². The Morgan fingerprint density at radius 2 is 2.35 bits per heavy atom. The zero-order valence-electron chi connectivity index (χ0n) is 11.5. The number of carbonyl (C=O) groups is 2. The third-order valence-electron chi connectivity index (χ3n) is 3.58. The van der Waals surface area contributed by atoms with Crippen LogP contribution in [0.4, 0.5) is 0 Å². The molecule has 108 valence electrons. The number of hydrogen-bond donors (Lipinski definition) is 0. The van der Waals surface area contributed by atoms with Crippen LogP contribution in [0.15, 0.2) is 18.3 Å². The highest BCUT2D eigenvalue weighted by molar-refractivity contribution is 6.29. The lowest BCUT2D eigenvalue weighted by molar-refractivity contribution is -0.142. The number of ketones is 1. The van der Waals surface area contributed by atoms with Crippen molar-refractivity contribution in [3.8, 4) is 0 Å². The fourth-order valence-corrected chi connectivity index (χ4v) is 2.52. The van der Waals surface area contributed by atoms with E-state index >= 15 is 0 Å². The van der Waals surface area contributed by atoms with Crippen molar-refractivity contribution >= 4 is 23.7 Å². The van der Waals surface area contributed by atoms with E-state index in [4.69, 9.17) is 16.3 Å². The number of nitrogens with zero attached hydrogens (tertiary/aromatic N) is 2. The molecule has 0 aliphatic carbocycles. The van der Waals surface area contributed by atoms with E-state index in [-0.39, 0.29) is 18.8 Å². The van der Waals surface area contributed by atoms with Crippen molar-refractivity contribution in [3.05, 3.63) is 29.0 Å². The molecular formula is C14H17ClN2O3. The zero-order valence-corrected chi connectivity index (χ0v) is 12.2. The number of halogens is 1. The van der Waals surface area contributed by atoms with Gasteiger partial charge in [0.1, 0.15) is 11.2 Å². The second-order valence-corrected chi connectivity index (χ2v) is 5.35. The Kier molecular flexibility index (Phi) is 4.86. The molecule has 0 aromatic carbocycles. The van der Waals surface area contributed by atoms with Gasteiger partial charge in [0.2, 0.25) is 5.78 Å². The molecule has 1 fully saturated rings. The monoisotopic (exact) mass is 296 g/mol. The van der Waals surface area contributed by atoms with Gasteiger partial charge in [0.15, 0.2) is 6.29 Å². The molecule has 0 bridgehead atoms. The third kappa shape index (κ3) is 3.23. The summed E-state index contributed by atoms with van der Waals surface area (Å²) >= 11 is 5.78. The summed E-state index contributed by atoms with van der Waals surface area (Å²) in [6, 6.07) is 3.02. The summed E-state index contributed by atoms with van der Waals surface area (Å²) in [5.41, 5.74) is 0.951. The van der Waals surface area contributed by atoms with Crippen LogP contribution >= 0.6 is 11.6 Å². The molecule has 0 radical (unpaired) electrons. The number of aromatic nitrogens is 1. The molecule has 1 saturated heterocycles. The fraction of sp³-hybridized carbons (Fsp3) is 0.500.